The SMILES string of the molecule is Cl.Clc1cc(Cl)n2nc(C3CCCCN3)cc2n1. The zero-order valence-corrected chi connectivity index (χ0v) is 11.9. The zero-order valence-electron chi connectivity index (χ0n) is 9.57. The molecule has 1 aliphatic heterocycles. The highest BCUT2D eigenvalue weighted by Gasteiger charge is 2.18. The first-order valence-corrected chi connectivity index (χ1v) is 6.45. The summed E-state index contributed by atoms with van der Waals surface area (Å²) in [7, 11) is 0. The van der Waals surface area contributed by atoms with Crippen molar-refractivity contribution < 1.29 is 0 Å². The first kappa shape index (κ1) is 13.9. The van der Waals surface area contributed by atoms with Gasteiger partial charge < -0.3 is 5.32 Å². The third-order valence-electron chi connectivity index (χ3n) is 3.04. The maximum absolute atomic E-state index is 6.07. The van der Waals surface area contributed by atoms with E-state index in [1.807, 2.05) is 6.07 Å². The molecule has 0 radical (unpaired) electrons. The van der Waals surface area contributed by atoms with Crippen LogP contribution in [0, 0.1) is 0 Å². The van der Waals surface area contributed by atoms with E-state index in [1.165, 1.54) is 12.8 Å². The summed E-state index contributed by atoms with van der Waals surface area (Å²) >= 11 is 11.9. The number of hydrogen-bond donors (Lipinski definition) is 1. The van der Waals surface area contributed by atoms with Crippen molar-refractivity contribution in [1.82, 2.24) is 19.9 Å². The molecule has 1 fully saturated rings. The maximum atomic E-state index is 6.07. The Bertz CT molecular complexity index is 548. The first-order chi connectivity index (χ1) is 8.24. The lowest BCUT2D eigenvalue weighted by atomic mass is 10.0. The van der Waals surface area contributed by atoms with E-state index < -0.39 is 0 Å². The van der Waals surface area contributed by atoms with Crippen LogP contribution < -0.4 is 5.32 Å². The van der Waals surface area contributed by atoms with Crippen LogP contribution in [0.2, 0.25) is 10.3 Å². The van der Waals surface area contributed by atoms with E-state index in [0.29, 0.717) is 22.0 Å². The third kappa shape index (κ3) is 2.57. The van der Waals surface area contributed by atoms with Crippen molar-refractivity contribution in [1.29, 1.82) is 0 Å². The topological polar surface area (TPSA) is 42.2 Å². The standard InChI is InChI=1S/C11H12Cl2N4.ClH/c12-9-6-10(13)17-11(15-9)5-8(16-17)7-3-1-2-4-14-7;/h5-7,14H,1-4H2;1H. The van der Waals surface area contributed by atoms with Gasteiger partial charge in [-0.15, -0.1) is 12.4 Å². The monoisotopic (exact) mass is 306 g/mol. The minimum atomic E-state index is 0. The van der Waals surface area contributed by atoms with Gasteiger partial charge >= 0.3 is 0 Å². The van der Waals surface area contributed by atoms with E-state index in [0.717, 1.165) is 18.7 Å². The molecule has 18 heavy (non-hydrogen) atoms. The van der Waals surface area contributed by atoms with Crippen molar-refractivity contribution in [2.45, 2.75) is 25.3 Å². The number of hydrogen-bond acceptors (Lipinski definition) is 3. The quantitative estimate of drug-likeness (QED) is 0.822. The predicted octanol–water partition coefficient (Wildman–Crippen LogP) is 3.27. The minimum absolute atomic E-state index is 0. The van der Waals surface area contributed by atoms with Gasteiger partial charge in [0.05, 0.1) is 11.7 Å². The lowest BCUT2D eigenvalue weighted by Gasteiger charge is -2.21. The summed E-state index contributed by atoms with van der Waals surface area (Å²) in [6.45, 7) is 1.04. The van der Waals surface area contributed by atoms with Crippen LogP contribution in [-0.4, -0.2) is 21.1 Å². The van der Waals surface area contributed by atoms with Crippen molar-refractivity contribution in [3.63, 3.8) is 0 Å². The lowest BCUT2D eigenvalue weighted by molar-refractivity contribution is 0.404. The summed E-state index contributed by atoms with van der Waals surface area (Å²) in [6.07, 6.45) is 3.57. The van der Waals surface area contributed by atoms with Crippen LogP contribution in [0.3, 0.4) is 0 Å². The summed E-state index contributed by atoms with van der Waals surface area (Å²) in [5.74, 6) is 0. The van der Waals surface area contributed by atoms with E-state index in [1.54, 1.807) is 10.6 Å². The second-order valence-corrected chi connectivity index (χ2v) is 5.02. The average Bonchev–Trinajstić information content (AvgIpc) is 2.74. The van der Waals surface area contributed by atoms with E-state index in [-0.39, 0.29) is 12.4 Å². The second-order valence-electron chi connectivity index (χ2n) is 4.24. The minimum Gasteiger partial charge on any atom is -0.309 e. The summed E-state index contributed by atoms with van der Waals surface area (Å²) < 4.78 is 1.62. The lowest BCUT2D eigenvalue weighted by Crippen LogP contribution is -2.27. The van der Waals surface area contributed by atoms with Crippen LogP contribution >= 0.6 is 35.6 Å². The van der Waals surface area contributed by atoms with Crippen molar-refractivity contribution in [2.24, 2.45) is 0 Å². The van der Waals surface area contributed by atoms with Crippen LogP contribution in [0.1, 0.15) is 31.0 Å². The van der Waals surface area contributed by atoms with Crippen LogP contribution in [0.25, 0.3) is 5.65 Å². The Hall–Kier alpha value is -0.550. The smallest absolute Gasteiger partial charge is 0.158 e. The van der Waals surface area contributed by atoms with Gasteiger partial charge in [-0.2, -0.15) is 5.10 Å². The molecular formula is C11H13Cl3N4. The normalized spacial score (nSPS) is 19.8. The van der Waals surface area contributed by atoms with E-state index in [9.17, 15) is 0 Å². The number of nitrogens with zero attached hydrogens (tertiary/aromatic N) is 3. The van der Waals surface area contributed by atoms with Gasteiger partial charge in [-0.1, -0.05) is 29.6 Å². The summed E-state index contributed by atoms with van der Waals surface area (Å²) in [5.41, 5.74) is 1.69. The van der Waals surface area contributed by atoms with Crippen molar-refractivity contribution >= 4 is 41.3 Å². The Labute approximate surface area is 121 Å². The molecule has 3 rings (SSSR count). The molecule has 2 aromatic rings. The molecule has 1 N–H and O–H groups in total. The van der Waals surface area contributed by atoms with Gasteiger partial charge in [0.2, 0.25) is 0 Å². The molecule has 7 heteroatoms. The molecule has 0 saturated carbocycles. The Morgan fingerprint density at radius 3 is 2.83 bits per heavy atom. The number of fused-ring (bicyclic) bond motifs is 1. The fraction of sp³-hybridized carbons (Fsp3) is 0.455. The van der Waals surface area contributed by atoms with Crippen molar-refractivity contribution in [3.05, 3.63) is 28.1 Å². The molecule has 1 saturated heterocycles. The Balaban J connectivity index is 0.00000120. The number of halogens is 3. The number of rotatable bonds is 1. The maximum Gasteiger partial charge on any atom is 0.158 e. The molecule has 2 aromatic heterocycles. The highest BCUT2D eigenvalue weighted by molar-refractivity contribution is 6.33. The molecule has 0 spiro atoms. The van der Waals surface area contributed by atoms with E-state index >= 15 is 0 Å². The zero-order chi connectivity index (χ0) is 11.8. The van der Waals surface area contributed by atoms with Crippen molar-refractivity contribution in [3.8, 4) is 0 Å². The van der Waals surface area contributed by atoms with Crippen LogP contribution in [-0.2, 0) is 0 Å². The molecule has 0 amide bonds. The van der Waals surface area contributed by atoms with Gasteiger partial charge in [0.15, 0.2) is 5.65 Å². The Morgan fingerprint density at radius 2 is 2.11 bits per heavy atom. The third-order valence-corrected chi connectivity index (χ3v) is 3.50. The molecular weight excluding hydrogens is 295 g/mol. The molecule has 4 nitrogen and oxygen atoms in total. The van der Waals surface area contributed by atoms with Gasteiger partial charge in [0, 0.05) is 12.1 Å². The first-order valence-electron chi connectivity index (χ1n) is 5.69. The van der Waals surface area contributed by atoms with Gasteiger partial charge in [-0.05, 0) is 19.4 Å². The highest BCUT2D eigenvalue weighted by Crippen LogP contribution is 2.24. The fourth-order valence-corrected chi connectivity index (χ4v) is 2.68. The van der Waals surface area contributed by atoms with Gasteiger partial charge in [0.1, 0.15) is 10.3 Å². The van der Waals surface area contributed by atoms with Crippen LogP contribution in [0.15, 0.2) is 12.1 Å². The predicted molar refractivity (Wildman–Crippen MR) is 74.8 cm³/mol. The molecule has 1 unspecified atom stereocenters. The second kappa shape index (κ2) is 5.61. The van der Waals surface area contributed by atoms with Crippen molar-refractivity contribution in [2.75, 3.05) is 6.54 Å². The van der Waals surface area contributed by atoms with Crippen LogP contribution in [0.5, 0.6) is 0 Å². The van der Waals surface area contributed by atoms with Crippen LogP contribution in [0.4, 0.5) is 0 Å². The fourth-order valence-electron chi connectivity index (χ4n) is 2.20. The molecule has 0 aromatic carbocycles. The molecule has 3 heterocycles. The Morgan fingerprint density at radius 1 is 1.28 bits per heavy atom. The summed E-state index contributed by atoms with van der Waals surface area (Å²) in [6, 6.07) is 3.85. The highest BCUT2D eigenvalue weighted by atomic mass is 35.5. The van der Waals surface area contributed by atoms with Gasteiger partial charge in [-0.3, -0.25) is 0 Å². The molecule has 0 bridgehead atoms. The molecule has 1 aliphatic rings. The summed E-state index contributed by atoms with van der Waals surface area (Å²) in [5, 5.41) is 8.81. The Kier molecular flexibility index (Phi) is 4.33. The largest absolute Gasteiger partial charge is 0.309 e. The summed E-state index contributed by atoms with van der Waals surface area (Å²) in [4.78, 5) is 4.21. The number of nitrogens with one attached hydrogen (secondary N) is 1. The van der Waals surface area contributed by atoms with Gasteiger partial charge in [0.25, 0.3) is 0 Å². The molecule has 1 atom stereocenters. The molecule has 0 aliphatic carbocycles. The van der Waals surface area contributed by atoms with E-state index in [2.05, 4.69) is 15.4 Å². The van der Waals surface area contributed by atoms with E-state index in [4.69, 9.17) is 23.2 Å². The molecule has 98 valence electrons. The average molecular weight is 308 g/mol. The number of piperidine rings is 1. The number of aromatic nitrogens is 3. The van der Waals surface area contributed by atoms with Gasteiger partial charge in [-0.25, -0.2) is 9.50 Å².